The average Bonchev–Trinajstić information content (AvgIpc) is 2.82. The SMILES string of the molecule is CC(=O)OC1C(C)C[C@H]2[C@@H]3CC=C4N(C)C(=O)CC[C@]4(C)[C@@H]3CC[C@]12C. The summed E-state index contributed by atoms with van der Waals surface area (Å²) >= 11 is 0. The third-order valence-electron chi connectivity index (χ3n) is 8.54. The molecule has 0 spiro atoms. The van der Waals surface area contributed by atoms with E-state index >= 15 is 0 Å². The molecule has 2 saturated carbocycles. The van der Waals surface area contributed by atoms with Crippen molar-refractivity contribution in [1.82, 2.24) is 4.90 Å². The average molecular weight is 360 g/mol. The lowest BCUT2D eigenvalue weighted by molar-refractivity contribution is -0.159. The predicted octanol–water partition coefficient (Wildman–Crippen LogP) is 4.15. The van der Waals surface area contributed by atoms with Crippen molar-refractivity contribution in [2.45, 2.75) is 72.3 Å². The highest BCUT2D eigenvalue weighted by Crippen LogP contribution is 2.65. The largest absolute Gasteiger partial charge is 0.462 e. The Bertz CT molecular complexity index is 670. The number of likely N-dealkylation sites (tertiary alicyclic amines) is 1. The summed E-state index contributed by atoms with van der Waals surface area (Å²) in [4.78, 5) is 25.8. The Morgan fingerprint density at radius 2 is 2.00 bits per heavy atom. The molecule has 0 aromatic rings. The summed E-state index contributed by atoms with van der Waals surface area (Å²) in [5.41, 5.74) is 1.49. The van der Waals surface area contributed by atoms with Crippen LogP contribution in [-0.4, -0.2) is 29.9 Å². The molecule has 0 N–H and O–H groups in total. The maximum Gasteiger partial charge on any atom is 0.302 e. The molecule has 7 atom stereocenters. The lowest BCUT2D eigenvalue weighted by Crippen LogP contribution is -2.54. The fraction of sp³-hybridized carbons (Fsp3) is 0.818. The molecule has 26 heavy (non-hydrogen) atoms. The standard InChI is InChI=1S/C22H33NO3/c1-13-12-17-15-6-7-18-21(3,11-9-19(25)23(18)5)16(15)8-10-22(17,4)20(13)26-14(2)24/h7,13,15-17,20H,6,8-12H2,1-5H3/t13?,15-,16-,17+,20?,21-,22+/m1/s1. The van der Waals surface area contributed by atoms with E-state index in [1.165, 1.54) is 12.1 Å². The Kier molecular flexibility index (Phi) is 4.06. The predicted molar refractivity (Wildman–Crippen MR) is 100.0 cm³/mol. The van der Waals surface area contributed by atoms with Crippen LogP contribution < -0.4 is 0 Å². The minimum absolute atomic E-state index is 0.0553. The van der Waals surface area contributed by atoms with Gasteiger partial charge in [0.2, 0.25) is 5.91 Å². The zero-order valence-electron chi connectivity index (χ0n) is 16.9. The first-order valence-electron chi connectivity index (χ1n) is 10.3. The molecular formula is C22H33NO3. The van der Waals surface area contributed by atoms with Crippen molar-refractivity contribution in [2.24, 2.45) is 34.5 Å². The van der Waals surface area contributed by atoms with Crippen LogP contribution in [0.2, 0.25) is 0 Å². The highest BCUT2D eigenvalue weighted by molar-refractivity contribution is 5.79. The zero-order chi connectivity index (χ0) is 18.9. The number of rotatable bonds is 1. The van der Waals surface area contributed by atoms with Crippen LogP contribution in [0.25, 0.3) is 0 Å². The van der Waals surface area contributed by atoms with Crippen LogP contribution in [0, 0.1) is 34.5 Å². The number of amides is 1. The number of nitrogens with zero attached hydrogens (tertiary/aromatic N) is 1. The van der Waals surface area contributed by atoms with Crippen LogP contribution in [0.15, 0.2) is 11.8 Å². The Balaban J connectivity index is 1.67. The monoisotopic (exact) mass is 359 g/mol. The summed E-state index contributed by atoms with van der Waals surface area (Å²) < 4.78 is 5.83. The molecule has 1 amide bonds. The number of fused-ring (bicyclic) bond motifs is 5. The number of carbonyl (C=O) groups is 2. The van der Waals surface area contributed by atoms with Crippen molar-refractivity contribution in [2.75, 3.05) is 7.05 Å². The molecule has 0 radical (unpaired) electrons. The Labute approximate surface area is 157 Å². The number of esters is 1. The number of allylic oxidation sites excluding steroid dienone is 2. The van der Waals surface area contributed by atoms with Gasteiger partial charge in [-0.05, 0) is 55.8 Å². The van der Waals surface area contributed by atoms with Gasteiger partial charge in [-0.2, -0.15) is 0 Å². The molecule has 1 saturated heterocycles. The summed E-state index contributed by atoms with van der Waals surface area (Å²) in [5, 5.41) is 0. The first-order valence-corrected chi connectivity index (χ1v) is 10.3. The minimum atomic E-state index is -0.143. The van der Waals surface area contributed by atoms with E-state index < -0.39 is 0 Å². The number of piperidine rings is 1. The zero-order valence-corrected chi connectivity index (χ0v) is 16.9. The summed E-state index contributed by atoms with van der Waals surface area (Å²) in [5.74, 6) is 2.44. The Morgan fingerprint density at radius 3 is 2.69 bits per heavy atom. The van der Waals surface area contributed by atoms with E-state index in [0.717, 1.165) is 25.7 Å². The first kappa shape index (κ1) is 18.1. The molecule has 4 heteroatoms. The van der Waals surface area contributed by atoms with Crippen molar-refractivity contribution in [3.05, 3.63) is 11.8 Å². The van der Waals surface area contributed by atoms with Crippen molar-refractivity contribution in [3.8, 4) is 0 Å². The van der Waals surface area contributed by atoms with Crippen molar-refractivity contribution in [1.29, 1.82) is 0 Å². The second-order valence-corrected chi connectivity index (χ2v) is 9.86. The molecule has 4 aliphatic rings. The maximum atomic E-state index is 12.2. The van der Waals surface area contributed by atoms with Crippen LogP contribution in [0.5, 0.6) is 0 Å². The number of ether oxygens (including phenoxy) is 1. The topological polar surface area (TPSA) is 46.6 Å². The van der Waals surface area contributed by atoms with Crippen LogP contribution >= 0.6 is 0 Å². The second-order valence-electron chi connectivity index (χ2n) is 9.86. The summed E-state index contributed by atoms with van der Waals surface area (Å²) in [6.07, 6.45) is 8.58. The molecule has 2 unspecified atom stereocenters. The molecule has 3 fully saturated rings. The van der Waals surface area contributed by atoms with Gasteiger partial charge >= 0.3 is 5.97 Å². The number of hydrogen-bond donors (Lipinski definition) is 0. The summed E-state index contributed by atoms with van der Waals surface area (Å²) in [6, 6.07) is 0. The summed E-state index contributed by atoms with van der Waals surface area (Å²) in [6.45, 7) is 8.55. The minimum Gasteiger partial charge on any atom is -0.462 e. The molecule has 4 rings (SSSR count). The van der Waals surface area contributed by atoms with E-state index in [0.29, 0.717) is 30.1 Å². The summed E-state index contributed by atoms with van der Waals surface area (Å²) in [7, 11) is 1.95. The highest BCUT2D eigenvalue weighted by Gasteiger charge is 2.62. The van der Waals surface area contributed by atoms with Crippen molar-refractivity contribution < 1.29 is 14.3 Å². The van der Waals surface area contributed by atoms with Crippen LogP contribution in [0.3, 0.4) is 0 Å². The normalized spacial score (nSPS) is 47.6. The smallest absolute Gasteiger partial charge is 0.302 e. The quantitative estimate of drug-likeness (QED) is 0.661. The molecule has 1 aliphatic heterocycles. The van der Waals surface area contributed by atoms with Crippen LogP contribution in [0.1, 0.15) is 66.2 Å². The van der Waals surface area contributed by atoms with Gasteiger partial charge in [0.1, 0.15) is 6.10 Å². The van der Waals surface area contributed by atoms with Gasteiger partial charge in [-0.25, -0.2) is 0 Å². The Hall–Kier alpha value is -1.32. The lowest BCUT2D eigenvalue weighted by atomic mass is 9.49. The van der Waals surface area contributed by atoms with E-state index in [2.05, 4.69) is 26.8 Å². The van der Waals surface area contributed by atoms with Gasteiger partial charge in [-0.15, -0.1) is 0 Å². The van der Waals surface area contributed by atoms with E-state index in [-0.39, 0.29) is 28.8 Å². The second kappa shape index (κ2) is 5.84. The van der Waals surface area contributed by atoms with Crippen LogP contribution in [-0.2, 0) is 14.3 Å². The van der Waals surface area contributed by atoms with Gasteiger partial charge in [0, 0.05) is 36.9 Å². The first-order chi connectivity index (χ1) is 12.2. The maximum absolute atomic E-state index is 12.2. The molecular weight excluding hydrogens is 326 g/mol. The highest BCUT2D eigenvalue weighted by atomic mass is 16.5. The molecule has 1 heterocycles. The number of carbonyl (C=O) groups excluding carboxylic acids is 2. The van der Waals surface area contributed by atoms with Gasteiger partial charge in [-0.3, -0.25) is 9.59 Å². The van der Waals surface area contributed by atoms with Crippen molar-refractivity contribution >= 4 is 11.9 Å². The van der Waals surface area contributed by atoms with Gasteiger partial charge in [-0.1, -0.05) is 26.8 Å². The molecule has 3 aliphatic carbocycles. The van der Waals surface area contributed by atoms with Gasteiger partial charge in [0.25, 0.3) is 0 Å². The fourth-order valence-electron chi connectivity index (χ4n) is 7.33. The lowest BCUT2D eigenvalue weighted by Gasteiger charge is -2.58. The molecule has 4 nitrogen and oxygen atoms in total. The van der Waals surface area contributed by atoms with E-state index in [1.807, 2.05) is 11.9 Å². The number of hydrogen-bond acceptors (Lipinski definition) is 3. The molecule has 144 valence electrons. The third kappa shape index (κ3) is 2.33. The van der Waals surface area contributed by atoms with E-state index in [1.54, 1.807) is 6.92 Å². The van der Waals surface area contributed by atoms with Gasteiger partial charge < -0.3 is 9.64 Å². The molecule has 0 aromatic heterocycles. The van der Waals surface area contributed by atoms with E-state index in [4.69, 9.17) is 4.74 Å². The van der Waals surface area contributed by atoms with E-state index in [9.17, 15) is 9.59 Å². The van der Waals surface area contributed by atoms with Crippen molar-refractivity contribution in [3.63, 3.8) is 0 Å². The Morgan fingerprint density at radius 1 is 1.27 bits per heavy atom. The van der Waals surface area contributed by atoms with Crippen LogP contribution in [0.4, 0.5) is 0 Å². The van der Waals surface area contributed by atoms with Gasteiger partial charge in [0.15, 0.2) is 0 Å². The fourth-order valence-corrected chi connectivity index (χ4v) is 7.33. The molecule has 0 aromatic carbocycles. The van der Waals surface area contributed by atoms with Gasteiger partial charge in [0.05, 0.1) is 0 Å². The third-order valence-corrected chi connectivity index (χ3v) is 8.54. The molecule has 0 bridgehead atoms.